The number of nitrogens with one attached hydrogen (secondary N) is 1. The van der Waals surface area contributed by atoms with Crippen LogP contribution >= 0.6 is 0 Å². The summed E-state index contributed by atoms with van der Waals surface area (Å²) in [5.41, 5.74) is 7.89. The Hall–Kier alpha value is -2.73. The smallest absolute Gasteiger partial charge is 0.222 e. The number of nitrogens with zero attached hydrogens (tertiary/aromatic N) is 4. The van der Waals surface area contributed by atoms with Crippen LogP contribution in [0.3, 0.4) is 0 Å². The fourth-order valence-corrected chi connectivity index (χ4v) is 4.23. The van der Waals surface area contributed by atoms with Gasteiger partial charge < -0.3 is 10.2 Å². The Bertz CT molecular complexity index is 1030. The minimum absolute atomic E-state index is 0.260. The van der Waals surface area contributed by atoms with E-state index in [1.54, 1.807) is 0 Å². The van der Waals surface area contributed by atoms with Crippen molar-refractivity contribution in [2.45, 2.75) is 46.5 Å². The molecule has 30 heavy (non-hydrogen) atoms. The van der Waals surface area contributed by atoms with Crippen molar-refractivity contribution in [1.29, 1.82) is 0 Å². The fourth-order valence-electron chi connectivity index (χ4n) is 4.23. The first-order chi connectivity index (χ1) is 14.5. The average Bonchev–Trinajstić information content (AvgIpc) is 3.11. The van der Waals surface area contributed by atoms with Crippen molar-refractivity contribution in [2.75, 3.05) is 26.2 Å². The van der Waals surface area contributed by atoms with Crippen molar-refractivity contribution in [3.05, 3.63) is 64.1 Å². The van der Waals surface area contributed by atoms with Crippen LogP contribution in [0.1, 0.15) is 47.1 Å². The van der Waals surface area contributed by atoms with Gasteiger partial charge in [0.2, 0.25) is 5.91 Å². The summed E-state index contributed by atoms with van der Waals surface area (Å²) in [5.74, 6) is 0.260. The molecular weight excluding hydrogens is 374 g/mol. The Morgan fingerprint density at radius 2 is 1.80 bits per heavy atom. The molecule has 1 amide bonds. The molecule has 0 bridgehead atoms. The van der Waals surface area contributed by atoms with E-state index < -0.39 is 0 Å². The molecule has 3 aromatic rings. The fraction of sp³-hybridized carbons (Fsp3) is 0.458. The molecule has 0 aliphatic carbocycles. The van der Waals surface area contributed by atoms with Crippen molar-refractivity contribution in [3.63, 3.8) is 0 Å². The van der Waals surface area contributed by atoms with Crippen molar-refractivity contribution < 1.29 is 4.79 Å². The number of benzene rings is 1. The summed E-state index contributed by atoms with van der Waals surface area (Å²) in [6.07, 6.45) is 3.09. The van der Waals surface area contributed by atoms with Gasteiger partial charge >= 0.3 is 0 Å². The minimum Gasteiger partial charge on any atom is -0.340 e. The Labute approximate surface area is 178 Å². The third-order valence-electron chi connectivity index (χ3n) is 5.91. The number of rotatable bonds is 6. The van der Waals surface area contributed by atoms with Gasteiger partial charge in [-0.25, -0.2) is 9.50 Å². The lowest BCUT2D eigenvalue weighted by Crippen LogP contribution is -2.46. The summed E-state index contributed by atoms with van der Waals surface area (Å²) < 4.78 is 1.97. The Balaban J connectivity index is 1.45. The minimum atomic E-state index is 0.260. The summed E-state index contributed by atoms with van der Waals surface area (Å²) in [6.45, 7) is 9.70. The largest absolute Gasteiger partial charge is 0.340 e. The lowest BCUT2D eigenvalue weighted by Gasteiger charge is -2.27. The number of hydrogen-bond acceptors (Lipinski definition) is 4. The highest BCUT2D eigenvalue weighted by atomic mass is 16.2. The zero-order valence-corrected chi connectivity index (χ0v) is 18.2. The maximum atomic E-state index is 12.4. The second-order valence-corrected chi connectivity index (χ2v) is 8.18. The SMILES string of the molecule is CCc1nn2c(C)cc(C)nc2c1Cc1ccc(CCC(=O)N2CCNCC2)cc1. The summed E-state index contributed by atoms with van der Waals surface area (Å²) in [5, 5.41) is 8.07. The molecule has 0 radical (unpaired) electrons. The number of fused-ring (bicyclic) bond motifs is 1. The molecule has 0 saturated carbocycles. The Kier molecular flexibility index (Phi) is 6.13. The first-order valence-corrected chi connectivity index (χ1v) is 11.0. The van der Waals surface area contributed by atoms with Crippen LogP contribution < -0.4 is 5.32 Å². The quantitative estimate of drug-likeness (QED) is 0.685. The van der Waals surface area contributed by atoms with Gasteiger partial charge in [-0.1, -0.05) is 31.2 Å². The molecule has 1 saturated heterocycles. The summed E-state index contributed by atoms with van der Waals surface area (Å²) in [4.78, 5) is 19.1. The summed E-state index contributed by atoms with van der Waals surface area (Å²) in [7, 11) is 0. The van der Waals surface area contributed by atoms with Gasteiger partial charge in [-0.15, -0.1) is 0 Å². The van der Waals surface area contributed by atoms with Crippen molar-refractivity contribution in [2.24, 2.45) is 0 Å². The van der Waals surface area contributed by atoms with E-state index in [-0.39, 0.29) is 5.91 Å². The van der Waals surface area contributed by atoms with E-state index in [1.165, 1.54) is 16.7 Å². The van der Waals surface area contributed by atoms with E-state index in [4.69, 9.17) is 10.1 Å². The van der Waals surface area contributed by atoms with Gasteiger partial charge in [-0.3, -0.25) is 4.79 Å². The van der Waals surface area contributed by atoms with E-state index >= 15 is 0 Å². The van der Waals surface area contributed by atoms with Crippen LogP contribution in [0.25, 0.3) is 5.65 Å². The normalized spacial score (nSPS) is 14.4. The Morgan fingerprint density at radius 1 is 1.10 bits per heavy atom. The number of aryl methyl sites for hydroxylation is 4. The van der Waals surface area contributed by atoms with Gasteiger partial charge in [-0.2, -0.15) is 5.10 Å². The molecule has 2 aromatic heterocycles. The topological polar surface area (TPSA) is 62.5 Å². The molecule has 4 rings (SSSR count). The molecule has 158 valence electrons. The molecule has 6 heteroatoms. The molecule has 0 unspecified atom stereocenters. The van der Waals surface area contributed by atoms with Gasteiger partial charge in [0.25, 0.3) is 0 Å². The van der Waals surface area contributed by atoms with E-state index in [9.17, 15) is 4.79 Å². The van der Waals surface area contributed by atoms with Crippen molar-refractivity contribution in [1.82, 2.24) is 24.8 Å². The van der Waals surface area contributed by atoms with Gasteiger partial charge in [-0.05, 0) is 43.9 Å². The lowest BCUT2D eigenvalue weighted by atomic mass is 10.0. The molecule has 1 N–H and O–H groups in total. The standard InChI is InChI=1S/C24H31N5O/c1-4-22-21(24-26-17(2)15-18(3)29(24)27-22)16-20-7-5-19(6-8-20)9-10-23(30)28-13-11-25-12-14-28/h5-8,15,25H,4,9-14,16H2,1-3H3. The number of carbonyl (C=O) groups excluding carboxylic acids is 1. The van der Waals surface area contributed by atoms with Crippen LogP contribution in [0.2, 0.25) is 0 Å². The van der Waals surface area contributed by atoms with Gasteiger partial charge in [0.1, 0.15) is 0 Å². The van der Waals surface area contributed by atoms with Crippen LogP contribution in [-0.4, -0.2) is 51.6 Å². The van der Waals surface area contributed by atoms with Crippen molar-refractivity contribution in [3.8, 4) is 0 Å². The molecule has 3 heterocycles. The van der Waals surface area contributed by atoms with E-state index in [1.807, 2.05) is 16.3 Å². The zero-order chi connectivity index (χ0) is 21.1. The average molecular weight is 406 g/mol. The number of carbonyl (C=O) groups is 1. The predicted octanol–water partition coefficient (Wildman–Crippen LogP) is 2.86. The van der Waals surface area contributed by atoms with Gasteiger partial charge in [0.05, 0.1) is 5.69 Å². The third-order valence-corrected chi connectivity index (χ3v) is 5.91. The molecule has 6 nitrogen and oxygen atoms in total. The third kappa shape index (κ3) is 4.38. The number of piperazine rings is 1. The number of amides is 1. The Morgan fingerprint density at radius 3 is 2.50 bits per heavy atom. The van der Waals surface area contributed by atoms with Crippen molar-refractivity contribution >= 4 is 11.6 Å². The second kappa shape index (κ2) is 8.96. The van der Waals surface area contributed by atoms with Crippen LogP contribution in [0.5, 0.6) is 0 Å². The number of aromatic nitrogens is 3. The van der Waals surface area contributed by atoms with E-state index in [0.29, 0.717) is 6.42 Å². The monoisotopic (exact) mass is 405 g/mol. The van der Waals surface area contributed by atoms with E-state index in [0.717, 1.165) is 68.2 Å². The van der Waals surface area contributed by atoms with Crippen LogP contribution in [-0.2, 0) is 24.1 Å². The summed E-state index contributed by atoms with van der Waals surface area (Å²) >= 11 is 0. The van der Waals surface area contributed by atoms with Crippen LogP contribution in [0.15, 0.2) is 30.3 Å². The first-order valence-electron chi connectivity index (χ1n) is 11.0. The first kappa shape index (κ1) is 20.5. The molecule has 1 fully saturated rings. The molecular formula is C24H31N5O. The summed E-state index contributed by atoms with van der Waals surface area (Å²) in [6, 6.07) is 10.7. The maximum absolute atomic E-state index is 12.4. The van der Waals surface area contributed by atoms with E-state index in [2.05, 4.69) is 49.5 Å². The second-order valence-electron chi connectivity index (χ2n) is 8.18. The predicted molar refractivity (Wildman–Crippen MR) is 119 cm³/mol. The molecule has 0 spiro atoms. The highest BCUT2D eigenvalue weighted by Crippen LogP contribution is 2.21. The number of hydrogen-bond donors (Lipinski definition) is 1. The van der Waals surface area contributed by atoms with Crippen LogP contribution in [0.4, 0.5) is 0 Å². The molecule has 1 aromatic carbocycles. The molecule has 1 aliphatic heterocycles. The molecule has 0 atom stereocenters. The van der Waals surface area contributed by atoms with Gasteiger partial charge in [0.15, 0.2) is 5.65 Å². The zero-order valence-electron chi connectivity index (χ0n) is 18.2. The lowest BCUT2D eigenvalue weighted by molar-refractivity contribution is -0.131. The maximum Gasteiger partial charge on any atom is 0.222 e. The highest BCUT2D eigenvalue weighted by Gasteiger charge is 2.17. The molecule has 1 aliphatic rings. The van der Waals surface area contributed by atoms with Gasteiger partial charge in [0, 0.05) is 56.0 Å². The van der Waals surface area contributed by atoms with Crippen LogP contribution in [0, 0.1) is 13.8 Å². The highest BCUT2D eigenvalue weighted by molar-refractivity contribution is 5.76.